The molecule has 0 unspecified atom stereocenters. The van der Waals surface area contributed by atoms with Crippen LogP contribution in [0.5, 0.6) is 0 Å². The zero-order chi connectivity index (χ0) is 9.14. The lowest BCUT2D eigenvalue weighted by atomic mass is 10.1. The van der Waals surface area contributed by atoms with Gasteiger partial charge in [-0.2, -0.15) is 0 Å². The van der Waals surface area contributed by atoms with Crippen LogP contribution in [0, 0.1) is 0 Å². The van der Waals surface area contributed by atoms with E-state index in [1.807, 2.05) is 4.90 Å². The van der Waals surface area contributed by atoms with Crippen LogP contribution in [0.2, 0.25) is 0 Å². The number of likely N-dealkylation sites (tertiary alicyclic amines) is 1. The zero-order valence-electron chi connectivity index (χ0n) is 7.01. The molecule has 1 aliphatic heterocycles. The predicted octanol–water partition coefficient (Wildman–Crippen LogP) is 1.64. The van der Waals surface area contributed by atoms with Crippen LogP contribution in [0.1, 0.15) is 19.8 Å². The molecule has 1 heterocycles. The fourth-order valence-corrected chi connectivity index (χ4v) is 1.37. The van der Waals surface area contributed by atoms with Gasteiger partial charge in [-0.05, 0) is 13.3 Å². The second-order valence-electron chi connectivity index (χ2n) is 2.89. The van der Waals surface area contributed by atoms with Crippen LogP contribution in [0.4, 0.5) is 0 Å². The fraction of sp³-hybridized carbons (Fsp3) is 0.625. The molecule has 0 aromatic heterocycles. The standard InChI is InChI=1S/C8H12ClNO2/c1-6(9)7(5-8(11)12)10-3-2-4-10/h2-5H2,1H3,(H,11,12). The van der Waals surface area contributed by atoms with Gasteiger partial charge in [0, 0.05) is 23.8 Å². The molecule has 0 amide bonds. The molecule has 3 nitrogen and oxygen atoms in total. The summed E-state index contributed by atoms with van der Waals surface area (Å²) in [5.74, 6) is -0.822. The summed E-state index contributed by atoms with van der Waals surface area (Å²) in [6.45, 7) is 3.61. The first-order valence-electron chi connectivity index (χ1n) is 3.93. The summed E-state index contributed by atoms with van der Waals surface area (Å²) in [4.78, 5) is 12.4. The van der Waals surface area contributed by atoms with Crippen LogP contribution in [0.3, 0.4) is 0 Å². The first-order chi connectivity index (χ1) is 5.61. The third-order valence-corrected chi connectivity index (χ3v) is 2.17. The van der Waals surface area contributed by atoms with Crippen molar-refractivity contribution in [3.8, 4) is 0 Å². The Morgan fingerprint density at radius 1 is 1.58 bits per heavy atom. The Labute approximate surface area is 76.6 Å². The number of rotatable bonds is 3. The molecule has 0 spiro atoms. The van der Waals surface area contributed by atoms with Crippen molar-refractivity contribution in [3.05, 3.63) is 10.7 Å². The lowest BCUT2D eigenvalue weighted by molar-refractivity contribution is -0.136. The number of halogens is 1. The maximum absolute atomic E-state index is 10.4. The Balaban J connectivity index is 2.61. The SMILES string of the molecule is CC(Cl)=C(CC(=O)O)N1CCC1. The molecule has 12 heavy (non-hydrogen) atoms. The van der Waals surface area contributed by atoms with Crippen LogP contribution in [-0.4, -0.2) is 29.1 Å². The van der Waals surface area contributed by atoms with Crippen LogP contribution in [0.25, 0.3) is 0 Å². The van der Waals surface area contributed by atoms with E-state index < -0.39 is 5.97 Å². The van der Waals surface area contributed by atoms with Gasteiger partial charge in [-0.3, -0.25) is 4.79 Å². The van der Waals surface area contributed by atoms with E-state index in [0.29, 0.717) is 5.03 Å². The molecule has 0 aromatic carbocycles. The number of hydrogen-bond donors (Lipinski definition) is 1. The number of allylic oxidation sites excluding steroid dienone is 1. The van der Waals surface area contributed by atoms with Crippen LogP contribution < -0.4 is 0 Å². The number of hydrogen-bond acceptors (Lipinski definition) is 2. The van der Waals surface area contributed by atoms with E-state index in [4.69, 9.17) is 16.7 Å². The molecule has 0 atom stereocenters. The minimum atomic E-state index is -0.822. The minimum absolute atomic E-state index is 0.0370. The van der Waals surface area contributed by atoms with E-state index in [-0.39, 0.29) is 6.42 Å². The molecule has 0 radical (unpaired) electrons. The highest BCUT2D eigenvalue weighted by Crippen LogP contribution is 2.22. The summed E-state index contributed by atoms with van der Waals surface area (Å²) in [7, 11) is 0. The molecule has 0 aliphatic carbocycles. The van der Waals surface area contributed by atoms with Gasteiger partial charge in [-0.15, -0.1) is 0 Å². The van der Waals surface area contributed by atoms with Gasteiger partial charge in [0.2, 0.25) is 0 Å². The molecular formula is C8H12ClNO2. The molecule has 4 heteroatoms. The van der Waals surface area contributed by atoms with Gasteiger partial charge in [-0.1, -0.05) is 11.6 Å². The Bertz CT molecular complexity index is 217. The maximum Gasteiger partial charge on any atom is 0.309 e. The molecular weight excluding hydrogens is 178 g/mol. The summed E-state index contributed by atoms with van der Waals surface area (Å²) >= 11 is 5.77. The third-order valence-electron chi connectivity index (χ3n) is 1.95. The minimum Gasteiger partial charge on any atom is -0.481 e. The molecule has 1 saturated heterocycles. The zero-order valence-corrected chi connectivity index (χ0v) is 7.76. The Hall–Kier alpha value is -0.700. The van der Waals surface area contributed by atoms with Crippen molar-refractivity contribution in [3.63, 3.8) is 0 Å². The highest BCUT2D eigenvalue weighted by Gasteiger charge is 2.20. The van der Waals surface area contributed by atoms with Crippen molar-refractivity contribution >= 4 is 17.6 Å². The molecule has 0 saturated carbocycles. The van der Waals surface area contributed by atoms with E-state index >= 15 is 0 Å². The third kappa shape index (κ3) is 2.14. The maximum atomic E-state index is 10.4. The monoisotopic (exact) mass is 189 g/mol. The van der Waals surface area contributed by atoms with Crippen LogP contribution in [-0.2, 0) is 4.79 Å². The molecule has 1 fully saturated rings. The summed E-state index contributed by atoms with van der Waals surface area (Å²) in [5, 5.41) is 9.18. The number of aliphatic carboxylic acids is 1. The van der Waals surface area contributed by atoms with Crippen LogP contribution >= 0.6 is 11.6 Å². The van der Waals surface area contributed by atoms with Gasteiger partial charge in [0.1, 0.15) is 0 Å². The molecule has 1 rings (SSSR count). The van der Waals surface area contributed by atoms with E-state index in [0.717, 1.165) is 25.2 Å². The second-order valence-corrected chi connectivity index (χ2v) is 3.46. The second kappa shape index (κ2) is 3.81. The lowest BCUT2D eigenvalue weighted by Gasteiger charge is -2.35. The summed E-state index contributed by atoms with van der Waals surface area (Å²) in [6.07, 6.45) is 1.17. The van der Waals surface area contributed by atoms with E-state index in [2.05, 4.69) is 0 Å². The lowest BCUT2D eigenvalue weighted by Crippen LogP contribution is -2.37. The van der Waals surface area contributed by atoms with Crippen molar-refractivity contribution in [2.75, 3.05) is 13.1 Å². The quantitative estimate of drug-likeness (QED) is 0.734. The number of carboxylic acids is 1. The summed E-state index contributed by atoms with van der Waals surface area (Å²) in [5.41, 5.74) is 0.760. The van der Waals surface area contributed by atoms with Crippen molar-refractivity contribution < 1.29 is 9.90 Å². The van der Waals surface area contributed by atoms with Gasteiger partial charge in [0.05, 0.1) is 6.42 Å². The largest absolute Gasteiger partial charge is 0.481 e. The Morgan fingerprint density at radius 2 is 2.17 bits per heavy atom. The highest BCUT2D eigenvalue weighted by atomic mass is 35.5. The number of nitrogens with zero attached hydrogens (tertiary/aromatic N) is 1. The molecule has 1 aliphatic rings. The molecule has 0 bridgehead atoms. The van der Waals surface area contributed by atoms with Gasteiger partial charge in [0.15, 0.2) is 0 Å². The topological polar surface area (TPSA) is 40.5 Å². The Kier molecular flexibility index (Phi) is 2.98. The van der Waals surface area contributed by atoms with Crippen molar-refractivity contribution in [2.24, 2.45) is 0 Å². The van der Waals surface area contributed by atoms with Crippen molar-refractivity contribution in [1.29, 1.82) is 0 Å². The fourth-order valence-electron chi connectivity index (χ4n) is 1.18. The van der Waals surface area contributed by atoms with Crippen molar-refractivity contribution in [1.82, 2.24) is 4.90 Å². The smallest absolute Gasteiger partial charge is 0.309 e. The van der Waals surface area contributed by atoms with Gasteiger partial charge >= 0.3 is 5.97 Å². The van der Waals surface area contributed by atoms with Gasteiger partial charge in [-0.25, -0.2) is 0 Å². The average molecular weight is 190 g/mol. The van der Waals surface area contributed by atoms with Gasteiger partial charge < -0.3 is 10.0 Å². The first-order valence-corrected chi connectivity index (χ1v) is 4.31. The van der Waals surface area contributed by atoms with Gasteiger partial charge in [0.25, 0.3) is 0 Å². The van der Waals surface area contributed by atoms with E-state index in [9.17, 15) is 4.79 Å². The van der Waals surface area contributed by atoms with E-state index in [1.54, 1.807) is 6.92 Å². The van der Waals surface area contributed by atoms with E-state index in [1.165, 1.54) is 0 Å². The molecule has 1 N–H and O–H groups in total. The molecule has 0 aromatic rings. The Morgan fingerprint density at radius 3 is 2.42 bits per heavy atom. The summed E-state index contributed by atoms with van der Waals surface area (Å²) < 4.78 is 0. The van der Waals surface area contributed by atoms with Crippen molar-refractivity contribution in [2.45, 2.75) is 19.8 Å². The number of carbonyl (C=O) groups is 1. The normalized spacial score (nSPS) is 18.3. The summed E-state index contributed by atoms with van der Waals surface area (Å²) in [6, 6.07) is 0. The average Bonchev–Trinajstić information content (AvgIpc) is 1.80. The predicted molar refractivity (Wildman–Crippen MR) is 47.0 cm³/mol. The first kappa shape index (κ1) is 9.39. The van der Waals surface area contributed by atoms with Crippen LogP contribution in [0.15, 0.2) is 10.7 Å². The molecule has 68 valence electrons. The highest BCUT2D eigenvalue weighted by molar-refractivity contribution is 6.29. The number of carboxylic acid groups (broad SMARTS) is 1.